The van der Waals surface area contributed by atoms with Gasteiger partial charge in [0.05, 0.1) is 42.9 Å². The molecule has 0 bridgehead atoms. The molecule has 0 radical (unpaired) electrons. The first-order valence-corrected chi connectivity index (χ1v) is 9.96. The van der Waals surface area contributed by atoms with Gasteiger partial charge >= 0.3 is 11.9 Å². The molecule has 0 saturated heterocycles. The first kappa shape index (κ1) is 25.8. The number of hydrogen-bond acceptors (Lipinski definition) is 8. The van der Waals surface area contributed by atoms with Crippen LogP contribution < -0.4 is 0 Å². The fourth-order valence-electron chi connectivity index (χ4n) is 3.57. The first-order chi connectivity index (χ1) is 13.2. The van der Waals surface area contributed by atoms with Crippen molar-refractivity contribution < 1.29 is 38.7 Å². The molecule has 1 fully saturated rings. The molecular weight excluding hydrogens is 380 g/mol. The van der Waals surface area contributed by atoms with Gasteiger partial charge in [-0.05, 0) is 41.5 Å². The highest BCUT2D eigenvalue weighted by molar-refractivity contribution is 5.75. The van der Waals surface area contributed by atoms with Crippen molar-refractivity contribution in [1.29, 1.82) is 0 Å². The van der Waals surface area contributed by atoms with Crippen molar-refractivity contribution in [3.8, 4) is 0 Å². The van der Waals surface area contributed by atoms with E-state index in [9.17, 15) is 19.8 Å². The number of rotatable bonds is 7. The minimum absolute atomic E-state index is 0.00975. The summed E-state index contributed by atoms with van der Waals surface area (Å²) in [7, 11) is 2.90. The van der Waals surface area contributed by atoms with Crippen molar-refractivity contribution in [2.45, 2.75) is 65.8 Å². The van der Waals surface area contributed by atoms with E-state index in [2.05, 4.69) is 0 Å². The molecule has 5 atom stereocenters. The third-order valence-corrected chi connectivity index (χ3v) is 5.60. The van der Waals surface area contributed by atoms with Gasteiger partial charge in [0.2, 0.25) is 0 Å². The lowest BCUT2D eigenvalue weighted by molar-refractivity contribution is -0.236. The molecule has 1 aliphatic carbocycles. The topological polar surface area (TPSA) is 112 Å². The maximum absolute atomic E-state index is 12.3. The van der Waals surface area contributed by atoms with Crippen molar-refractivity contribution in [2.75, 3.05) is 34.0 Å². The van der Waals surface area contributed by atoms with E-state index in [-0.39, 0.29) is 25.6 Å². The lowest BCUT2D eigenvalue weighted by Crippen LogP contribution is -2.64. The number of carbonyl (C=O) groups excluding carboxylic acids is 2. The van der Waals surface area contributed by atoms with Crippen molar-refractivity contribution in [2.24, 2.45) is 22.7 Å². The Hall–Kier alpha value is -1.22. The van der Waals surface area contributed by atoms with Gasteiger partial charge < -0.3 is 29.2 Å². The Morgan fingerprint density at radius 1 is 0.966 bits per heavy atom. The summed E-state index contributed by atoms with van der Waals surface area (Å²) in [6.45, 7) is 9.87. The van der Waals surface area contributed by atoms with Gasteiger partial charge in [-0.3, -0.25) is 9.59 Å². The molecule has 0 aromatic heterocycles. The van der Waals surface area contributed by atoms with Gasteiger partial charge in [0.25, 0.3) is 0 Å². The van der Waals surface area contributed by atoms with Gasteiger partial charge in [-0.15, -0.1) is 0 Å². The van der Waals surface area contributed by atoms with Crippen LogP contribution in [0.2, 0.25) is 0 Å². The highest BCUT2D eigenvalue weighted by atomic mass is 16.6. The maximum atomic E-state index is 12.3. The van der Waals surface area contributed by atoms with Gasteiger partial charge in [-0.2, -0.15) is 0 Å². The Labute approximate surface area is 173 Å². The molecule has 1 rings (SSSR count). The van der Waals surface area contributed by atoms with Crippen LogP contribution in [0.5, 0.6) is 0 Å². The fraction of sp³-hybridized carbons (Fsp3) is 0.905. The molecule has 8 nitrogen and oxygen atoms in total. The van der Waals surface area contributed by atoms with Crippen LogP contribution in [-0.2, 0) is 28.5 Å². The molecule has 0 aliphatic heterocycles. The summed E-state index contributed by atoms with van der Waals surface area (Å²) in [5.74, 6) is -1.89. The normalized spacial score (nSPS) is 30.7. The lowest BCUT2D eigenvalue weighted by atomic mass is 9.66. The zero-order chi connectivity index (χ0) is 22.6. The third kappa shape index (κ3) is 5.90. The Morgan fingerprint density at radius 3 is 1.83 bits per heavy atom. The second-order valence-corrected chi connectivity index (χ2v) is 9.81. The molecule has 29 heavy (non-hydrogen) atoms. The molecule has 1 saturated carbocycles. The predicted molar refractivity (Wildman–Crippen MR) is 106 cm³/mol. The molecule has 2 N–H and O–H groups in total. The smallest absolute Gasteiger partial charge is 0.311 e. The van der Waals surface area contributed by atoms with Crippen molar-refractivity contribution in [3.63, 3.8) is 0 Å². The first-order valence-electron chi connectivity index (χ1n) is 9.96. The van der Waals surface area contributed by atoms with Crippen LogP contribution in [0.4, 0.5) is 0 Å². The number of aliphatic hydroxyl groups excluding tert-OH is 2. The Kier molecular flexibility index (Phi) is 8.66. The molecule has 0 aromatic rings. The van der Waals surface area contributed by atoms with Gasteiger partial charge in [-0.25, -0.2) is 0 Å². The van der Waals surface area contributed by atoms with Gasteiger partial charge in [0, 0.05) is 32.5 Å². The average Bonchev–Trinajstić information content (AvgIpc) is 2.62. The van der Waals surface area contributed by atoms with Gasteiger partial charge in [0.1, 0.15) is 5.60 Å². The van der Waals surface area contributed by atoms with Crippen LogP contribution in [0.1, 0.15) is 48.0 Å². The minimum atomic E-state index is -1.37. The zero-order valence-electron chi connectivity index (χ0n) is 19.0. The van der Waals surface area contributed by atoms with Gasteiger partial charge in [0.15, 0.2) is 0 Å². The van der Waals surface area contributed by atoms with Crippen molar-refractivity contribution in [1.82, 2.24) is 0 Å². The summed E-state index contributed by atoms with van der Waals surface area (Å²) in [6.07, 6.45) is -1.33. The van der Waals surface area contributed by atoms with E-state index in [0.717, 1.165) is 0 Å². The summed E-state index contributed by atoms with van der Waals surface area (Å²) >= 11 is 0. The van der Waals surface area contributed by atoms with E-state index in [0.29, 0.717) is 0 Å². The van der Waals surface area contributed by atoms with Gasteiger partial charge in [-0.1, -0.05) is 0 Å². The average molecular weight is 419 g/mol. The number of ether oxygens (including phenoxy) is 4. The summed E-state index contributed by atoms with van der Waals surface area (Å²) in [4.78, 5) is 24.6. The Bertz CT molecular complexity index is 556. The van der Waals surface area contributed by atoms with Crippen LogP contribution >= 0.6 is 0 Å². The minimum Gasteiger partial charge on any atom is -0.465 e. The number of carbonyl (C=O) groups is 2. The van der Waals surface area contributed by atoms with Crippen molar-refractivity contribution >= 4 is 11.9 Å². The summed E-state index contributed by atoms with van der Waals surface area (Å²) < 4.78 is 22.2. The molecule has 0 unspecified atom stereocenters. The zero-order valence-corrected chi connectivity index (χ0v) is 19.0. The van der Waals surface area contributed by atoms with Crippen LogP contribution in [0.15, 0.2) is 0 Å². The Balaban J connectivity index is 3.20. The maximum Gasteiger partial charge on any atom is 0.311 e. The molecule has 0 aromatic carbocycles. The quantitative estimate of drug-likeness (QED) is 0.599. The molecule has 0 spiro atoms. The van der Waals surface area contributed by atoms with E-state index in [4.69, 9.17) is 18.9 Å². The van der Waals surface area contributed by atoms with E-state index in [1.165, 1.54) is 14.2 Å². The van der Waals surface area contributed by atoms with E-state index < -0.39 is 53.1 Å². The molecule has 8 heteroatoms. The Morgan fingerprint density at radius 2 is 1.45 bits per heavy atom. The van der Waals surface area contributed by atoms with Crippen molar-refractivity contribution in [3.05, 3.63) is 0 Å². The lowest BCUT2D eigenvalue weighted by Gasteiger charge is -2.51. The second kappa shape index (κ2) is 9.73. The van der Waals surface area contributed by atoms with E-state index in [1.807, 2.05) is 0 Å². The van der Waals surface area contributed by atoms with Crippen LogP contribution in [0, 0.1) is 22.7 Å². The van der Waals surface area contributed by atoms with E-state index in [1.54, 1.807) is 41.5 Å². The predicted octanol–water partition coefficient (Wildman–Crippen LogP) is 1.55. The highest BCUT2D eigenvalue weighted by Crippen LogP contribution is 2.42. The fourth-order valence-corrected chi connectivity index (χ4v) is 3.57. The summed E-state index contributed by atoms with van der Waals surface area (Å²) in [5.41, 5.74) is -2.76. The SMILES string of the molecule is CO[C@H]1C[C@@H](O)[C@](CO)(OC)[C@@H](COC(=O)C(C)(C)C)[C@H]1COC(=O)C(C)(C)C. The van der Waals surface area contributed by atoms with Crippen LogP contribution in [0.25, 0.3) is 0 Å². The number of methoxy groups -OCH3 is 2. The number of hydrogen-bond donors (Lipinski definition) is 2. The second-order valence-electron chi connectivity index (χ2n) is 9.81. The third-order valence-electron chi connectivity index (χ3n) is 5.60. The molecule has 170 valence electrons. The molecule has 0 amide bonds. The standard InChI is InChI=1S/C21H38O8/c1-19(2,3)17(24)28-10-13-14(11-29-18(25)20(4,5)6)21(12-22,27-8)16(23)9-15(13)26-7/h13-16,22-23H,9-12H2,1-8H3/t13-,14+,15+,16-,21-/m1/s1. The number of esters is 2. The van der Waals surface area contributed by atoms with Crippen LogP contribution in [0.3, 0.4) is 0 Å². The summed E-state index contributed by atoms with van der Waals surface area (Å²) in [5, 5.41) is 20.8. The molecular formula is C21H38O8. The molecule has 0 heterocycles. The molecule has 1 aliphatic rings. The van der Waals surface area contributed by atoms with Crippen LogP contribution in [-0.4, -0.2) is 74.0 Å². The van der Waals surface area contributed by atoms with E-state index >= 15 is 0 Å². The largest absolute Gasteiger partial charge is 0.465 e. The highest BCUT2D eigenvalue weighted by Gasteiger charge is 2.56. The monoisotopic (exact) mass is 418 g/mol. The number of aliphatic hydroxyl groups is 2. The summed E-state index contributed by atoms with van der Waals surface area (Å²) in [6, 6.07) is 0.